The Hall–Kier alpha value is -2.50. The highest BCUT2D eigenvalue weighted by molar-refractivity contribution is 5.88. The van der Waals surface area contributed by atoms with Crippen LogP contribution in [0.1, 0.15) is 52.8 Å². The fraction of sp³-hybridized carbons (Fsp3) is 0.524. The average molecular weight is 373 g/mol. The molecule has 0 saturated carbocycles. The molecule has 0 radical (unpaired) electrons. The molecule has 0 aliphatic rings. The van der Waals surface area contributed by atoms with E-state index in [1.807, 2.05) is 35.0 Å². The Morgan fingerprint density at radius 1 is 1.11 bits per heavy atom. The summed E-state index contributed by atoms with van der Waals surface area (Å²) in [5.74, 6) is 1.53. The summed E-state index contributed by atoms with van der Waals surface area (Å²) in [5.41, 5.74) is 1.78. The number of hydrogen-bond acceptors (Lipinski definition) is 3. The molecule has 6 heteroatoms. The molecule has 1 aromatic heterocycles. The first-order chi connectivity index (χ1) is 12.5. The Kier molecular flexibility index (Phi) is 6.19. The zero-order valence-electron chi connectivity index (χ0n) is 17.5. The maximum Gasteiger partial charge on any atom is 0.320 e. The molecule has 1 heterocycles. The van der Waals surface area contributed by atoms with Gasteiger partial charge in [-0.3, -0.25) is 5.32 Å². The molecule has 27 heavy (non-hydrogen) atoms. The molecular formula is C21H32N4O2. The molecule has 2 rings (SSSR count). The lowest BCUT2D eigenvalue weighted by molar-refractivity contribution is 0.251. The number of nitrogens with one attached hydrogen (secondary N) is 2. The standard InChI is InChI=1S/C21H32N4O2/c1-20(2,3)17-14-18(25(24-17)21(4,5)6)23-19(26)22-13-12-15-8-10-16(27-7)11-9-15/h8-11,14H,12-13H2,1-7H3,(H2,22,23,26). The van der Waals surface area contributed by atoms with Gasteiger partial charge in [0.2, 0.25) is 0 Å². The van der Waals surface area contributed by atoms with Crippen LogP contribution < -0.4 is 15.4 Å². The molecule has 6 nitrogen and oxygen atoms in total. The second-order valence-corrected chi connectivity index (χ2v) is 8.73. The number of carbonyl (C=O) groups is 1. The number of methoxy groups -OCH3 is 1. The summed E-state index contributed by atoms with van der Waals surface area (Å²) in [5, 5.41) is 10.6. The smallest absolute Gasteiger partial charge is 0.320 e. The van der Waals surface area contributed by atoms with Crippen molar-refractivity contribution in [2.24, 2.45) is 0 Å². The van der Waals surface area contributed by atoms with Gasteiger partial charge in [-0.05, 0) is 44.9 Å². The third-order valence-corrected chi connectivity index (χ3v) is 4.21. The molecule has 2 N–H and O–H groups in total. The maximum absolute atomic E-state index is 12.4. The summed E-state index contributed by atoms with van der Waals surface area (Å²) in [6, 6.07) is 9.57. The molecule has 0 atom stereocenters. The van der Waals surface area contributed by atoms with Crippen LogP contribution in [0.15, 0.2) is 30.3 Å². The number of rotatable bonds is 5. The van der Waals surface area contributed by atoms with Crippen molar-refractivity contribution in [1.29, 1.82) is 0 Å². The van der Waals surface area contributed by atoms with Crippen molar-refractivity contribution in [3.8, 4) is 5.75 Å². The van der Waals surface area contributed by atoms with E-state index in [9.17, 15) is 4.79 Å². The minimum atomic E-state index is -0.227. The molecule has 1 aromatic carbocycles. The van der Waals surface area contributed by atoms with Crippen LogP contribution in [0.25, 0.3) is 0 Å². The highest BCUT2D eigenvalue weighted by Crippen LogP contribution is 2.28. The van der Waals surface area contributed by atoms with E-state index in [2.05, 4.69) is 52.2 Å². The Labute approximate surface area is 162 Å². The lowest BCUT2D eigenvalue weighted by Gasteiger charge is -2.23. The van der Waals surface area contributed by atoms with E-state index in [1.165, 1.54) is 0 Å². The number of amides is 2. The predicted molar refractivity (Wildman–Crippen MR) is 110 cm³/mol. The van der Waals surface area contributed by atoms with Crippen LogP contribution in [0.3, 0.4) is 0 Å². The van der Waals surface area contributed by atoms with Crippen LogP contribution in [-0.4, -0.2) is 29.5 Å². The van der Waals surface area contributed by atoms with Gasteiger partial charge < -0.3 is 10.1 Å². The molecule has 0 bridgehead atoms. The fourth-order valence-electron chi connectivity index (χ4n) is 2.62. The van der Waals surface area contributed by atoms with E-state index >= 15 is 0 Å². The number of nitrogens with zero attached hydrogens (tertiary/aromatic N) is 2. The Morgan fingerprint density at radius 3 is 2.26 bits per heavy atom. The van der Waals surface area contributed by atoms with Crippen LogP contribution in [0.5, 0.6) is 5.75 Å². The van der Waals surface area contributed by atoms with Crippen molar-refractivity contribution in [3.05, 3.63) is 41.6 Å². The van der Waals surface area contributed by atoms with Crippen LogP contribution in [0.2, 0.25) is 0 Å². The number of benzene rings is 1. The Morgan fingerprint density at radius 2 is 1.74 bits per heavy atom. The van der Waals surface area contributed by atoms with Gasteiger partial charge in [-0.1, -0.05) is 32.9 Å². The van der Waals surface area contributed by atoms with Crippen molar-refractivity contribution in [2.45, 2.75) is 58.9 Å². The van der Waals surface area contributed by atoms with Gasteiger partial charge in [0.1, 0.15) is 11.6 Å². The van der Waals surface area contributed by atoms with E-state index in [0.29, 0.717) is 12.4 Å². The lowest BCUT2D eigenvalue weighted by Crippen LogP contribution is -2.33. The molecule has 0 aliphatic heterocycles. The van der Waals surface area contributed by atoms with E-state index in [4.69, 9.17) is 9.84 Å². The maximum atomic E-state index is 12.4. The molecule has 2 amide bonds. The highest BCUT2D eigenvalue weighted by Gasteiger charge is 2.25. The van der Waals surface area contributed by atoms with Gasteiger partial charge in [-0.2, -0.15) is 5.10 Å². The van der Waals surface area contributed by atoms with Crippen LogP contribution >= 0.6 is 0 Å². The second kappa shape index (κ2) is 8.03. The summed E-state index contributed by atoms with van der Waals surface area (Å²) < 4.78 is 7.03. The number of urea groups is 1. The predicted octanol–water partition coefficient (Wildman–Crippen LogP) is 4.31. The fourth-order valence-corrected chi connectivity index (χ4v) is 2.62. The molecule has 148 valence electrons. The van der Waals surface area contributed by atoms with E-state index in [0.717, 1.165) is 23.4 Å². The lowest BCUT2D eigenvalue weighted by atomic mass is 9.92. The quantitative estimate of drug-likeness (QED) is 0.822. The van der Waals surface area contributed by atoms with Crippen molar-refractivity contribution in [3.63, 3.8) is 0 Å². The van der Waals surface area contributed by atoms with Gasteiger partial charge in [0.15, 0.2) is 0 Å². The van der Waals surface area contributed by atoms with Crippen molar-refractivity contribution in [1.82, 2.24) is 15.1 Å². The SMILES string of the molecule is COc1ccc(CCNC(=O)Nc2cc(C(C)(C)C)nn2C(C)(C)C)cc1. The van der Waals surface area contributed by atoms with Crippen LogP contribution in [-0.2, 0) is 17.4 Å². The highest BCUT2D eigenvalue weighted by atomic mass is 16.5. The van der Waals surface area contributed by atoms with Crippen molar-refractivity contribution in [2.75, 3.05) is 19.0 Å². The molecule has 0 aliphatic carbocycles. The topological polar surface area (TPSA) is 68.2 Å². The first-order valence-electron chi connectivity index (χ1n) is 9.29. The van der Waals surface area contributed by atoms with Crippen molar-refractivity contribution >= 4 is 11.8 Å². The molecule has 0 saturated heterocycles. The third kappa shape index (κ3) is 5.74. The minimum absolute atomic E-state index is 0.0855. The van der Waals surface area contributed by atoms with Gasteiger partial charge in [0, 0.05) is 18.0 Å². The van der Waals surface area contributed by atoms with E-state index in [1.54, 1.807) is 7.11 Å². The number of anilines is 1. The first-order valence-corrected chi connectivity index (χ1v) is 9.29. The summed E-state index contributed by atoms with van der Waals surface area (Å²) in [6.45, 7) is 13.1. The number of carbonyl (C=O) groups excluding carboxylic acids is 1. The number of ether oxygens (including phenoxy) is 1. The molecule has 2 aromatic rings. The average Bonchev–Trinajstić information content (AvgIpc) is 3.00. The largest absolute Gasteiger partial charge is 0.497 e. The first kappa shape index (κ1) is 20.8. The molecular weight excluding hydrogens is 340 g/mol. The van der Waals surface area contributed by atoms with Crippen LogP contribution in [0.4, 0.5) is 10.6 Å². The van der Waals surface area contributed by atoms with Crippen LogP contribution in [0, 0.1) is 0 Å². The van der Waals surface area contributed by atoms with Gasteiger partial charge in [0.25, 0.3) is 0 Å². The van der Waals surface area contributed by atoms with Gasteiger partial charge in [0.05, 0.1) is 18.3 Å². The summed E-state index contributed by atoms with van der Waals surface area (Å²) in [7, 11) is 1.65. The zero-order chi connectivity index (χ0) is 20.2. The second-order valence-electron chi connectivity index (χ2n) is 8.73. The molecule has 0 spiro atoms. The Balaban J connectivity index is 1.99. The summed E-state index contributed by atoms with van der Waals surface area (Å²) in [6.07, 6.45) is 0.753. The monoisotopic (exact) mass is 372 g/mol. The van der Waals surface area contributed by atoms with E-state index in [-0.39, 0.29) is 17.0 Å². The van der Waals surface area contributed by atoms with Gasteiger partial charge in [-0.15, -0.1) is 0 Å². The molecule has 0 fully saturated rings. The zero-order valence-corrected chi connectivity index (χ0v) is 17.5. The number of aromatic nitrogens is 2. The number of hydrogen-bond donors (Lipinski definition) is 2. The summed E-state index contributed by atoms with van der Waals surface area (Å²) >= 11 is 0. The van der Waals surface area contributed by atoms with E-state index < -0.39 is 0 Å². The normalized spacial score (nSPS) is 12.0. The molecule has 0 unspecified atom stereocenters. The third-order valence-electron chi connectivity index (χ3n) is 4.21. The van der Waals surface area contributed by atoms with Gasteiger partial charge in [-0.25, -0.2) is 9.48 Å². The minimum Gasteiger partial charge on any atom is -0.497 e. The van der Waals surface area contributed by atoms with Crippen molar-refractivity contribution < 1.29 is 9.53 Å². The summed E-state index contributed by atoms with van der Waals surface area (Å²) in [4.78, 5) is 12.4. The Bertz CT molecular complexity index is 765. The van der Waals surface area contributed by atoms with Gasteiger partial charge >= 0.3 is 6.03 Å².